The zero-order valence-electron chi connectivity index (χ0n) is 15.2. The molecule has 0 radical (unpaired) electrons. The van der Waals surface area contributed by atoms with E-state index < -0.39 is 6.04 Å². The van der Waals surface area contributed by atoms with Gasteiger partial charge in [-0.15, -0.1) is 0 Å². The van der Waals surface area contributed by atoms with Crippen molar-refractivity contribution in [1.82, 2.24) is 14.9 Å². The van der Waals surface area contributed by atoms with E-state index in [1.165, 1.54) is 4.57 Å². The van der Waals surface area contributed by atoms with Crippen LogP contribution in [0, 0.1) is 4.77 Å². The van der Waals surface area contributed by atoms with Crippen molar-refractivity contribution >= 4 is 29.0 Å². The van der Waals surface area contributed by atoms with Gasteiger partial charge in [-0.25, -0.2) is 0 Å². The Morgan fingerprint density at radius 2 is 1.93 bits per heavy atom. The Balaban J connectivity index is 1.71. The van der Waals surface area contributed by atoms with Crippen LogP contribution < -0.4 is 15.6 Å². The average molecular weight is 383 g/mol. The van der Waals surface area contributed by atoms with Crippen LogP contribution >= 0.6 is 12.2 Å². The average Bonchev–Trinajstić information content (AvgIpc) is 2.68. The van der Waals surface area contributed by atoms with E-state index in [1.807, 2.05) is 30.3 Å². The summed E-state index contributed by atoms with van der Waals surface area (Å²) < 4.78 is 6.68. The van der Waals surface area contributed by atoms with E-state index in [0.717, 1.165) is 11.3 Å². The Kier molecular flexibility index (Phi) is 5.71. The van der Waals surface area contributed by atoms with Gasteiger partial charge in [0.25, 0.3) is 5.56 Å². The highest BCUT2D eigenvalue weighted by atomic mass is 32.1. The quantitative estimate of drug-likeness (QED) is 0.642. The maximum atomic E-state index is 12.7. The second kappa shape index (κ2) is 8.18. The van der Waals surface area contributed by atoms with Crippen LogP contribution in [0.5, 0.6) is 5.75 Å². The largest absolute Gasteiger partial charge is 0.497 e. The molecule has 7 heteroatoms. The molecule has 140 valence electrons. The van der Waals surface area contributed by atoms with Gasteiger partial charge >= 0.3 is 0 Å². The Labute approximate surface area is 161 Å². The maximum Gasteiger partial charge on any atom is 0.262 e. The molecule has 0 aliphatic carbocycles. The van der Waals surface area contributed by atoms with E-state index in [9.17, 15) is 9.59 Å². The summed E-state index contributed by atoms with van der Waals surface area (Å²) in [5.74, 6) is 0.543. The SMILES string of the molecule is COc1ccc(CCNC(=O)C(C)n2c(=S)[nH]c3ccccc3c2=O)cc1. The van der Waals surface area contributed by atoms with Crippen LogP contribution in [0.2, 0.25) is 0 Å². The minimum atomic E-state index is -0.707. The van der Waals surface area contributed by atoms with Gasteiger partial charge in [0.1, 0.15) is 11.8 Å². The first-order chi connectivity index (χ1) is 13.0. The lowest BCUT2D eigenvalue weighted by Crippen LogP contribution is -2.37. The Morgan fingerprint density at radius 1 is 1.22 bits per heavy atom. The zero-order chi connectivity index (χ0) is 19.4. The molecule has 1 atom stereocenters. The number of para-hydroxylation sites is 1. The molecule has 3 rings (SSSR count). The first-order valence-electron chi connectivity index (χ1n) is 8.65. The molecule has 2 N–H and O–H groups in total. The fourth-order valence-corrected chi connectivity index (χ4v) is 3.27. The van der Waals surface area contributed by atoms with Crippen LogP contribution in [0.3, 0.4) is 0 Å². The van der Waals surface area contributed by atoms with Crippen LogP contribution in [0.4, 0.5) is 0 Å². The minimum Gasteiger partial charge on any atom is -0.497 e. The van der Waals surface area contributed by atoms with Crippen LogP contribution in [0.25, 0.3) is 10.9 Å². The molecule has 0 aliphatic rings. The van der Waals surface area contributed by atoms with E-state index in [0.29, 0.717) is 23.9 Å². The number of hydrogen-bond donors (Lipinski definition) is 2. The van der Waals surface area contributed by atoms with Crippen LogP contribution in [0.1, 0.15) is 18.5 Å². The molecule has 0 spiro atoms. The Bertz CT molecular complexity index is 1070. The summed E-state index contributed by atoms with van der Waals surface area (Å²) >= 11 is 5.29. The molecule has 0 saturated heterocycles. The number of rotatable bonds is 6. The third-order valence-corrected chi connectivity index (χ3v) is 4.77. The van der Waals surface area contributed by atoms with Crippen molar-refractivity contribution in [3.8, 4) is 5.75 Å². The molecule has 27 heavy (non-hydrogen) atoms. The number of H-pyrrole nitrogens is 1. The lowest BCUT2D eigenvalue weighted by molar-refractivity contribution is -0.123. The van der Waals surface area contributed by atoms with Crippen molar-refractivity contribution in [2.45, 2.75) is 19.4 Å². The number of aromatic amines is 1. The molecule has 0 fully saturated rings. The molecule has 2 aromatic carbocycles. The van der Waals surface area contributed by atoms with Gasteiger partial charge < -0.3 is 15.0 Å². The summed E-state index contributed by atoms with van der Waals surface area (Å²) in [7, 11) is 1.62. The number of nitrogens with one attached hydrogen (secondary N) is 2. The molecule has 1 heterocycles. The summed E-state index contributed by atoms with van der Waals surface area (Å²) in [5, 5.41) is 3.37. The summed E-state index contributed by atoms with van der Waals surface area (Å²) in [6.45, 7) is 2.14. The van der Waals surface area contributed by atoms with Gasteiger partial charge in [0.05, 0.1) is 18.0 Å². The van der Waals surface area contributed by atoms with Gasteiger partial charge in [-0.1, -0.05) is 24.3 Å². The van der Waals surface area contributed by atoms with Crippen LogP contribution in [-0.4, -0.2) is 29.1 Å². The molecule has 1 amide bonds. The van der Waals surface area contributed by atoms with Gasteiger partial charge in [-0.3, -0.25) is 14.2 Å². The number of carbonyl (C=O) groups excluding carboxylic acids is 1. The lowest BCUT2D eigenvalue weighted by atomic mass is 10.1. The number of aromatic nitrogens is 2. The molecule has 0 bridgehead atoms. The maximum absolute atomic E-state index is 12.7. The van der Waals surface area contributed by atoms with Crippen LogP contribution in [-0.2, 0) is 11.2 Å². The van der Waals surface area contributed by atoms with Crippen molar-refractivity contribution < 1.29 is 9.53 Å². The van der Waals surface area contributed by atoms with Gasteiger partial charge in [0.15, 0.2) is 4.77 Å². The van der Waals surface area contributed by atoms with E-state index >= 15 is 0 Å². The van der Waals surface area contributed by atoms with E-state index in [2.05, 4.69) is 10.3 Å². The van der Waals surface area contributed by atoms with E-state index in [4.69, 9.17) is 17.0 Å². The van der Waals surface area contributed by atoms with Crippen molar-refractivity contribution in [1.29, 1.82) is 0 Å². The number of ether oxygens (including phenoxy) is 1. The standard InChI is InChI=1S/C20H21N3O3S/c1-13(18(24)21-12-11-14-7-9-15(26-2)10-8-14)23-19(25)16-5-3-4-6-17(16)22-20(23)27/h3-10,13H,11-12H2,1-2H3,(H,21,24)(H,22,27). The van der Waals surface area contributed by atoms with E-state index in [1.54, 1.807) is 32.2 Å². The highest BCUT2D eigenvalue weighted by Crippen LogP contribution is 2.12. The minimum absolute atomic E-state index is 0.233. The molecule has 0 saturated carbocycles. The fraction of sp³-hybridized carbons (Fsp3) is 0.250. The van der Waals surface area contributed by atoms with Gasteiger partial charge in [0, 0.05) is 6.54 Å². The molecule has 6 nitrogen and oxygen atoms in total. The molecular formula is C20H21N3O3S. The van der Waals surface area contributed by atoms with Crippen LogP contribution in [0.15, 0.2) is 53.3 Å². The molecule has 1 unspecified atom stereocenters. The predicted octanol–water partition coefficient (Wildman–Crippen LogP) is 2.99. The molecular weight excluding hydrogens is 362 g/mol. The predicted molar refractivity (Wildman–Crippen MR) is 108 cm³/mol. The third kappa shape index (κ3) is 4.09. The highest BCUT2D eigenvalue weighted by molar-refractivity contribution is 7.71. The number of methoxy groups -OCH3 is 1. The smallest absolute Gasteiger partial charge is 0.262 e. The first-order valence-corrected chi connectivity index (χ1v) is 9.06. The second-order valence-corrected chi connectivity index (χ2v) is 6.60. The summed E-state index contributed by atoms with van der Waals surface area (Å²) in [5.41, 5.74) is 1.48. The van der Waals surface area contributed by atoms with Crippen molar-refractivity contribution in [3.63, 3.8) is 0 Å². The number of fused-ring (bicyclic) bond motifs is 1. The van der Waals surface area contributed by atoms with Crippen molar-refractivity contribution in [3.05, 3.63) is 69.2 Å². The van der Waals surface area contributed by atoms with Crippen molar-refractivity contribution in [2.24, 2.45) is 0 Å². The molecule has 3 aromatic rings. The number of nitrogens with zero attached hydrogens (tertiary/aromatic N) is 1. The number of benzene rings is 2. The summed E-state index contributed by atoms with van der Waals surface area (Å²) in [6.07, 6.45) is 0.682. The first kappa shape index (κ1) is 18.8. The monoisotopic (exact) mass is 383 g/mol. The topological polar surface area (TPSA) is 76.1 Å². The summed E-state index contributed by atoms with van der Waals surface area (Å²) in [4.78, 5) is 28.3. The summed E-state index contributed by atoms with van der Waals surface area (Å²) in [6, 6.07) is 14.1. The van der Waals surface area contributed by atoms with Gasteiger partial charge in [-0.2, -0.15) is 0 Å². The molecule has 0 aliphatic heterocycles. The number of amides is 1. The van der Waals surface area contributed by atoms with E-state index in [-0.39, 0.29) is 16.2 Å². The van der Waals surface area contributed by atoms with Gasteiger partial charge in [-0.05, 0) is 55.4 Å². The fourth-order valence-electron chi connectivity index (χ4n) is 2.92. The van der Waals surface area contributed by atoms with Gasteiger partial charge in [0.2, 0.25) is 5.91 Å². The van der Waals surface area contributed by atoms with Crippen molar-refractivity contribution in [2.75, 3.05) is 13.7 Å². The zero-order valence-corrected chi connectivity index (χ0v) is 16.0. The lowest BCUT2D eigenvalue weighted by Gasteiger charge is -2.16. The molecule has 1 aromatic heterocycles. The number of carbonyl (C=O) groups is 1. The normalized spacial score (nSPS) is 11.9. The second-order valence-electron chi connectivity index (χ2n) is 6.22. The Morgan fingerprint density at radius 3 is 2.63 bits per heavy atom. The Hall–Kier alpha value is -2.93. The highest BCUT2D eigenvalue weighted by Gasteiger charge is 2.18. The number of hydrogen-bond acceptors (Lipinski definition) is 4. The third-order valence-electron chi connectivity index (χ3n) is 4.48.